The summed E-state index contributed by atoms with van der Waals surface area (Å²) in [6.07, 6.45) is 4.32. The lowest BCUT2D eigenvalue weighted by molar-refractivity contribution is 0.540. The van der Waals surface area contributed by atoms with Gasteiger partial charge >= 0.3 is 6.08 Å². The minimum atomic E-state index is -3.31. The van der Waals surface area contributed by atoms with Gasteiger partial charge in [-0.15, -0.1) is 0 Å². The van der Waals surface area contributed by atoms with Gasteiger partial charge in [-0.2, -0.15) is 14.4 Å². The van der Waals surface area contributed by atoms with Crippen LogP contribution in [0.3, 0.4) is 0 Å². The molecule has 5 rings (SSSR count). The predicted octanol–water partition coefficient (Wildman–Crippen LogP) is 2.31. The lowest BCUT2D eigenvalue weighted by atomic mass is 10.0. The van der Waals surface area contributed by atoms with Crippen molar-refractivity contribution in [3.05, 3.63) is 44.3 Å². The molecule has 3 aromatic rings. The van der Waals surface area contributed by atoms with Gasteiger partial charge in [0.15, 0.2) is 17.0 Å². The van der Waals surface area contributed by atoms with Crippen molar-refractivity contribution in [1.29, 1.82) is 0 Å². The highest BCUT2D eigenvalue weighted by atomic mass is 127. The first-order valence-electron chi connectivity index (χ1n) is 10.3. The fourth-order valence-electron chi connectivity index (χ4n) is 4.16. The van der Waals surface area contributed by atoms with Crippen LogP contribution in [0.1, 0.15) is 41.8 Å². The van der Waals surface area contributed by atoms with Crippen LogP contribution in [0, 0.1) is 9.65 Å². The minimum Gasteiger partial charge on any atom is -0.382 e. The molecule has 0 unspecified atom stereocenters. The topological polar surface area (TPSA) is 116 Å². The zero-order chi connectivity index (χ0) is 21.8. The fourth-order valence-corrected chi connectivity index (χ4v) is 6.25. The van der Waals surface area contributed by atoms with Gasteiger partial charge in [-0.25, -0.2) is 18.1 Å². The molecule has 2 aliphatic carbocycles. The van der Waals surface area contributed by atoms with Crippen LogP contribution >= 0.6 is 22.6 Å². The lowest BCUT2D eigenvalue weighted by Gasteiger charge is -2.12. The summed E-state index contributed by atoms with van der Waals surface area (Å²) in [4.78, 5) is 12.1. The van der Waals surface area contributed by atoms with E-state index in [-0.39, 0.29) is 29.8 Å². The summed E-state index contributed by atoms with van der Waals surface area (Å²) in [6, 6.07) is 4.45. The molecule has 8 nitrogen and oxygen atoms in total. The molecule has 0 saturated heterocycles. The van der Waals surface area contributed by atoms with Crippen LogP contribution in [0.15, 0.2) is 12.1 Å². The highest BCUT2D eigenvalue weighted by molar-refractivity contribution is 14.1. The maximum Gasteiger partial charge on any atom is 0.312 e. The van der Waals surface area contributed by atoms with E-state index in [9.17, 15) is 12.8 Å². The van der Waals surface area contributed by atoms with Gasteiger partial charge in [-0.1, -0.05) is 6.07 Å². The summed E-state index contributed by atoms with van der Waals surface area (Å²) in [6.45, 7) is 0.444. The number of nitrogen functional groups attached to an aromatic ring is 1. The highest BCUT2D eigenvalue weighted by Gasteiger charge is 2.35. The molecule has 1 aromatic carbocycles. The number of hydrogen-bond donors (Lipinski definition) is 2. The molecule has 11 heteroatoms. The van der Waals surface area contributed by atoms with Crippen LogP contribution in [0.5, 0.6) is 0 Å². The molecule has 2 heterocycles. The van der Waals surface area contributed by atoms with E-state index in [1.54, 1.807) is 4.57 Å². The van der Waals surface area contributed by atoms with E-state index in [0.717, 1.165) is 22.0 Å². The molecule has 31 heavy (non-hydrogen) atoms. The molecule has 1 saturated carbocycles. The minimum absolute atomic E-state index is 0.0234. The first kappa shape index (κ1) is 21.0. The normalized spacial score (nSPS) is 16.2. The van der Waals surface area contributed by atoms with Gasteiger partial charge < -0.3 is 10.3 Å². The summed E-state index contributed by atoms with van der Waals surface area (Å²) in [5, 5.41) is -0.296. The van der Waals surface area contributed by atoms with Crippen molar-refractivity contribution in [3.63, 3.8) is 0 Å². The number of anilines is 1. The SMILES string of the molecule is Nc1nc(F)nc2c1nc(Cc1cc3c(cc1I)CCC3)n2CCNS(=O)(=O)C1CC1. The van der Waals surface area contributed by atoms with Gasteiger partial charge in [0.1, 0.15) is 5.82 Å². The Labute approximate surface area is 193 Å². The number of imidazole rings is 1. The summed E-state index contributed by atoms with van der Waals surface area (Å²) >= 11 is 2.33. The highest BCUT2D eigenvalue weighted by Crippen LogP contribution is 2.29. The lowest BCUT2D eigenvalue weighted by Crippen LogP contribution is -2.30. The fraction of sp³-hybridized carbons (Fsp3) is 0.450. The molecular formula is C20H22FIN6O2S. The number of benzene rings is 1. The Bertz CT molecular complexity index is 1290. The number of hydrogen-bond acceptors (Lipinski definition) is 6. The number of fused-ring (bicyclic) bond motifs is 2. The van der Waals surface area contributed by atoms with Gasteiger partial charge in [0.2, 0.25) is 10.0 Å². The van der Waals surface area contributed by atoms with Crippen molar-refractivity contribution in [3.8, 4) is 0 Å². The number of rotatable bonds is 7. The van der Waals surface area contributed by atoms with Gasteiger partial charge in [-0.3, -0.25) is 0 Å². The van der Waals surface area contributed by atoms with Crippen LogP contribution in [-0.4, -0.2) is 39.7 Å². The van der Waals surface area contributed by atoms with Crippen LogP contribution < -0.4 is 10.5 Å². The Hall–Kier alpha value is -1.86. The van der Waals surface area contributed by atoms with Gasteiger partial charge in [0.25, 0.3) is 0 Å². The number of nitrogens with two attached hydrogens (primary N) is 1. The van der Waals surface area contributed by atoms with Gasteiger partial charge in [0.05, 0.1) is 5.25 Å². The second-order valence-corrected chi connectivity index (χ2v) is 11.3. The second kappa shape index (κ2) is 7.93. The summed E-state index contributed by atoms with van der Waals surface area (Å²) in [7, 11) is -3.31. The van der Waals surface area contributed by atoms with E-state index in [4.69, 9.17) is 5.73 Å². The average molecular weight is 556 g/mol. The van der Waals surface area contributed by atoms with Crippen molar-refractivity contribution in [2.75, 3.05) is 12.3 Å². The summed E-state index contributed by atoms with van der Waals surface area (Å²) in [5.41, 5.74) is 10.4. The number of nitrogens with zero attached hydrogens (tertiary/aromatic N) is 4. The maximum absolute atomic E-state index is 13.9. The third-order valence-corrected chi connectivity index (χ3v) is 8.84. The Kier molecular flexibility index (Phi) is 5.37. The molecule has 0 amide bonds. The van der Waals surface area contributed by atoms with E-state index in [2.05, 4.69) is 54.4 Å². The largest absolute Gasteiger partial charge is 0.382 e. The molecule has 0 bridgehead atoms. The smallest absolute Gasteiger partial charge is 0.312 e. The summed E-state index contributed by atoms with van der Waals surface area (Å²) < 4.78 is 43.8. The van der Waals surface area contributed by atoms with Crippen LogP contribution in [0.4, 0.5) is 10.2 Å². The molecule has 0 atom stereocenters. The number of aromatic nitrogens is 4. The van der Waals surface area contributed by atoms with E-state index < -0.39 is 16.1 Å². The molecule has 0 radical (unpaired) electrons. The zero-order valence-corrected chi connectivity index (χ0v) is 19.7. The van der Waals surface area contributed by atoms with Crippen molar-refractivity contribution in [2.45, 2.75) is 50.3 Å². The Morgan fingerprint density at radius 2 is 1.94 bits per heavy atom. The van der Waals surface area contributed by atoms with Crippen molar-refractivity contribution in [1.82, 2.24) is 24.2 Å². The van der Waals surface area contributed by atoms with Crippen molar-refractivity contribution >= 4 is 49.6 Å². The van der Waals surface area contributed by atoms with Gasteiger partial charge in [0, 0.05) is 23.1 Å². The van der Waals surface area contributed by atoms with E-state index in [1.807, 2.05) is 0 Å². The molecule has 0 aliphatic heterocycles. The maximum atomic E-state index is 13.9. The molecule has 1 fully saturated rings. The second-order valence-electron chi connectivity index (χ2n) is 8.11. The Morgan fingerprint density at radius 3 is 2.68 bits per heavy atom. The molecule has 2 aliphatic rings. The number of sulfonamides is 1. The van der Waals surface area contributed by atoms with E-state index in [0.29, 0.717) is 30.6 Å². The average Bonchev–Trinajstić information content (AvgIpc) is 3.40. The van der Waals surface area contributed by atoms with Crippen molar-refractivity contribution < 1.29 is 12.8 Å². The third kappa shape index (κ3) is 4.14. The van der Waals surface area contributed by atoms with E-state index in [1.165, 1.54) is 17.5 Å². The standard InChI is InChI=1S/C20H22FIN6O2S/c21-20-26-18(23)17-19(27-20)28(7-6-24-31(29,30)14-4-5-14)16(25-17)10-13-8-11-2-1-3-12(11)9-15(13)22/h8-9,14,24H,1-7,10H2,(H2,23,26,27). The number of nitrogens with one attached hydrogen (secondary N) is 1. The third-order valence-electron chi connectivity index (χ3n) is 5.88. The Balaban J connectivity index is 1.49. The molecule has 2 aromatic heterocycles. The van der Waals surface area contributed by atoms with Gasteiger partial charge in [-0.05, 0) is 77.5 Å². The molecule has 164 valence electrons. The number of aryl methyl sites for hydroxylation is 2. The van der Waals surface area contributed by atoms with Crippen molar-refractivity contribution in [2.24, 2.45) is 0 Å². The quantitative estimate of drug-likeness (QED) is 0.341. The Morgan fingerprint density at radius 1 is 1.19 bits per heavy atom. The monoisotopic (exact) mass is 556 g/mol. The predicted molar refractivity (Wildman–Crippen MR) is 124 cm³/mol. The van der Waals surface area contributed by atoms with Crippen LogP contribution in [0.2, 0.25) is 0 Å². The molecule has 3 N–H and O–H groups in total. The molecular weight excluding hydrogens is 534 g/mol. The van der Waals surface area contributed by atoms with Crippen LogP contribution in [0.25, 0.3) is 11.2 Å². The van der Waals surface area contributed by atoms with E-state index >= 15 is 0 Å². The first-order valence-corrected chi connectivity index (χ1v) is 12.9. The molecule has 0 spiro atoms. The summed E-state index contributed by atoms with van der Waals surface area (Å²) in [5.74, 6) is 0.632. The van der Waals surface area contributed by atoms with Crippen LogP contribution in [-0.2, 0) is 35.8 Å². The number of halogens is 2. The first-order chi connectivity index (χ1) is 14.8. The zero-order valence-electron chi connectivity index (χ0n) is 16.7.